The molecule has 0 bridgehead atoms. The Morgan fingerprint density at radius 2 is 2.21 bits per heavy atom. The zero-order chi connectivity index (χ0) is 16.8. The Morgan fingerprint density at radius 3 is 3.00 bits per heavy atom. The van der Waals surface area contributed by atoms with Crippen LogP contribution >= 0.6 is 0 Å². The van der Waals surface area contributed by atoms with Gasteiger partial charge in [0.05, 0.1) is 6.10 Å². The fourth-order valence-corrected chi connectivity index (χ4v) is 2.84. The van der Waals surface area contributed by atoms with Crippen LogP contribution in [-0.4, -0.2) is 30.1 Å². The number of carbonyl (C=O) groups is 1. The maximum atomic E-state index is 12.5. The summed E-state index contributed by atoms with van der Waals surface area (Å²) < 4.78 is 5.60. The number of aromatic nitrogens is 1. The van der Waals surface area contributed by atoms with Gasteiger partial charge >= 0.3 is 0 Å². The second kappa shape index (κ2) is 7.93. The smallest absolute Gasteiger partial charge is 0.274 e. The fraction of sp³-hybridized carbons (Fsp3) is 0.368. The summed E-state index contributed by atoms with van der Waals surface area (Å²) in [7, 11) is 0. The standard InChI is InChI=1S/C19H23N3O2/c1-2-14-6-3-4-8-17(14)22-19(23)18-12-15(9-10-20-18)21-13-16-7-5-11-24-16/h3-4,6,8-10,12,16H,2,5,7,11,13H2,1H3,(H,20,21)(H,22,23). The maximum absolute atomic E-state index is 12.5. The van der Waals surface area contributed by atoms with Crippen LogP contribution in [0.5, 0.6) is 0 Å². The van der Waals surface area contributed by atoms with E-state index in [2.05, 4.69) is 22.5 Å². The van der Waals surface area contributed by atoms with Gasteiger partial charge in [0.15, 0.2) is 0 Å². The number of ether oxygens (including phenoxy) is 1. The molecule has 1 unspecified atom stereocenters. The molecule has 1 aliphatic heterocycles. The number of carbonyl (C=O) groups excluding carboxylic acids is 1. The number of hydrogen-bond acceptors (Lipinski definition) is 4. The van der Waals surface area contributed by atoms with E-state index in [1.54, 1.807) is 12.3 Å². The molecule has 1 amide bonds. The molecule has 2 aromatic rings. The van der Waals surface area contributed by atoms with E-state index < -0.39 is 0 Å². The van der Waals surface area contributed by atoms with E-state index in [-0.39, 0.29) is 12.0 Å². The molecule has 1 atom stereocenters. The molecule has 5 nitrogen and oxygen atoms in total. The van der Waals surface area contributed by atoms with Crippen molar-refractivity contribution in [3.05, 3.63) is 53.9 Å². The van der Waals surface area contributed by atoms with Crippen LogP contribution in [0.25, 0.3) is 0 Å². The van der Waals surface area contributed by atoms with E-state index >= 15 is 0 Å². The van der Waals surface area contributed by atoms with Crippen LogP contribution in [0.3, 0.4) is 0 Å². The Bertz CT molecular complexity index is 697. The Labute approximate surface area is 142 Å². The van der Waals surface area contributed by atoms with Crippen molar-refractivity contribution < 1.29 is 9.53 Å². The minimum atomic E-state index is -0.198. The lowest BCUT2D eigenvalue weighted by atomic mass is 10.1. The quantitative estimate of drug-likeness (QED) is 0.853. The van der Waals surface area contributed by atoms with Crippen molar-refractivity contribution in [3.63, 3.8) is 0 Å². The van der Waals surface area contributed by atoms with Gasteiger partial charge in [-0.15, -0.1) is 0 Å². The number of aryl methyl sites for hydroxylation is 1. The van der Waals surface area contributed by atoms with Crippen molar-refractivity contribution in [2.24, 2.45) is 0 Å². The third-order valence-electron chi connectivity index (χ3n) is 4.20. The first kappa shape index (κ1) is 16.5. The topological polar surface area (TPSA) is 63.2 Å². The highest BCUT2D eigenvalue weighted by atomic mass is 16.5. The first-order chi connectivity index (χ1) is 11.8. The van der Waals surface area contributed by atoms with Crippen LogP contribution < -0.4 is 10.6 Å². The second-order valence-corrected chi connectivity index (χ2v) is 5.91. The number of nitrogens with zero attached hydrogens (tertiary/aromatic N) is 1. The van der Waals surface area contributed by atoms with Crippen LogP contribution in [0, 0.1) is 0 Å². The van der Waals surface area contributed by atoms with E-state index in [1.165, 1.54) is 0 Å². The van der Waals surface area contributed by atoms with Gasteiger partial charge in [-0.3, -0.25) is 9.78 Å². The Balaban J connectivity index is 1.65. The van der Waals surface area contributed by atoms with Gasteiger partial charge in [-0.1, -0.05) is 25.1 Å². The largest absolute Gasteiger partial charge is 0.382 e. The van der Waals surface area contributed by atoms with Gasteiger partial charge in [0.1, 0.15) is 5.69 Å². The molecule has 126 valence electrons. The molecule has 1 saturated heterocycles. The molecular formula is C19H23N3O2. The molecule has 1 aromatic heterocycles. The van der Waals surface area contributed by atoms with Crippen molar-refractivity contribution in [1.82, 2.24) is 4.98 Å². The number of para-hydroxylation sites is 1. The molecule has 24 heavy (non-hydrogen) atoms. The highest BCUT2D eigenvalue weighted by Crippen LogP contribution is 2.18. The number of nitrogens with one attached hydrogen (secondary N) is 2. The van der Waals surface area contributed by atoms with Crippen molar-refractivity contribution in [3.8, 4) is 0 Å². The summed E-state index contributed by atoms with van der Waals surface area (Å²) in [6.45, 7) is 3.66. The van der Waals surface area contributed by atoms with Crippen LogP contribution in [-0.2, 0) is 11.2 Å². The summed E-state index contributed by atoms with van der Waals surface area (Å²) in [6.07, 6.45) is 4.98. The van der Waals surface area contributed by atoms with Gasteiger partial charge in [-0.2, -0.15) is 0 Å². The molecule has 5 heteroatoms. The molecule has 0 spiro atoms. The van der Waals surface area contributed by atoms with Crippen LogP contribution in [0.2, 0.25) is 0 Å². The molecule has 0 aliphatic carbocycles. The first-order valence-electron chi connectivity index (χ1n) is 8.47. The third-order valence-corrected chi connectivity index (χ3v) is 4.20. The summed E-state index contributed by atoms with van der Waals surface area (Å²) >= 11 is 0. The number of benzene rings is 1. The fourth-order valence-electron chi connectivity index (χ4n) is 2.84. The summed E-state index contributed by atoms with van der Waals surface area (Å²) in [5.41, 5.74) is 3.23. The van der Waals surface area contributed by atoms with Gasteiger partial charge in [-0.05, 0) is 43.0 Å². The highest BCUT2D eigenvalue weighted by Gasteiger charge is 2.15. The van der Waals surface area contributed by atoms with Crippen molar-refractivity contribution >= 4 is 17.3 Å². The lowest BCUT2D eigenvalue weighted by Gasteiger charge is -2.13. The zero-order valence-electron chi connectivity index (χ0n) is 13.9. The SMILES string of the molecule is CCc1ccccc1NC(=O)c1cc(NCC2CCCO2)ccn1. The maximum Gasteiger partial charge on any atom is 0.274 e. The molecule has 1 aromatic carbocycles. The lowest BCUT2D eigenvalue weighted by Crippen LogP contribution is -2.19. The Kier molecular flexibility index (Phi) is 5.43. The van der Waals surface area contributed by atoms with Gasteiger partial charge in [0.25, 0.3) is 5.91 Å². The van der Waals surface area contributed by atoms with Crippen molar-refractivity contribution in [2.75, 3.05) is 23.8 Å². The summed E-state index contributed by atoms with van der Waals surface area (Å²) in [5, 5.41) is 6.27. The Morgan fingerprint density at radius 1 is 1.33 bits per heavy atom. The van der Waals surface area contributed by atoms with Crippen molar-refractivity contribution in [1.29, 1.82) is 0 Å². The van der Waals surface area contributed by atoms with Gasteiger partial charge in [0.2, 0.25) is 0 Å². The molecule has 2 heterocycles. The molecule has 0 radical (unpaired) electrons. The summed E-state index contributed by atoms with van der Waals surface area (Å²) in [6, 6.07) is 11.5. The van der Waals surface area contributed by atoms with Gasteiger partial charge < -0.3 is 15.4 Å². The second-order valence-electron chi connectivity index (χ2n) is 5.91. The van der Waals surface area contributed by atoms with Crippen molar-refractivity contribution in [2.45, 2.75) is 32.3 Å². The van der Waals surface area contributed by atoms with Gasteiger partial charge in [0, 0.05) is 30.7 Å². The summed E-state index contributed by atoms with van der Waals surface area (Å²) in [4.78, 5) is 16.7. The first-order valence-corrected chi connectivity index (χ1v) is 8.47. The molecule has 1 fully saturated rings. The van der Waals surface area contributed by atoms with E-state index in [4.69, 9.17) is 4.74 Å². The number of anilines is 2. The minimum Gasteiger partial charge on any atom is -0.382 e. The van der Waals surface area contributed by atoms with Crippen LogP contribution in [0.4, 0.5) is 11.4 Å². The minimum absolute atomic E-state index is 0.198. The molecule has 2 N–H and O–H groups in total. The highest BCUT2D eigenvalue weighted by molar-refractivity contribution is 6.03. The predicted octanol–water partition coefficient (Wildman–Crippen LogP) is 3.49. The van der Waals surface area contributed by atoms with E-state index in [9.17, 15) is 4.79 Å². The number of rotatable bonds is 6. The number of pyridine rings is 1. The molecule has 3 rings (SSSR count). The lowest BCUT2D eigenvalue weighted by molar-refractivity contribution is 0.102. The average molecular weight is 325 g/mol. The van der Waals surface area contributed by atoms with E-state index in [0.29, 0.717) is 5.69 Å². The molecular weight excluding hydrogens is 302 g/mol. The van der Waals surface area contributed by atoms with Crippen LogP contribution in [0.15, 0.2) is 42.6 Å². The third kappa shape index (κ3) is 4.11. The van der Waals surface area contributed by atoms with Gasteiger partial charge in [-0.25, -0.2) is 0 Å². The molecule has 0 saturated carbocycles. The zero-order valence-corrected chi connectivity index (χ0v) is 13.9. The van der Waals surface area contributed by atoms with Crippen LogP contribution in [0.1, 0.15) is 35.8 Å². The monoisotopic (exact) mass is 325 g/mol. The Hall–Kier alpha value is -2.40. The number of amides is 1. The average Bonchev–Trinajstić information content (AvgIpc) is 3.14. The normalized spacial score (nSPS) is 16.8. The predicted molar refractivity (Wildman–Crippen MR) is 95.5 cm³/mol. The van der Waals surface area contributed by atoms with E-state index in [1.807, 2.05) is 30.3 Å². The van der Waals surface area contributed by atoms with E-state index in [0.717, 1.165) is 49.4 Å². The number of hydrogen-bond donors (Lipinski definition) is 2. The molecule has 1 aliphatic rings. The summed E-state index contributed by atoms with van der Waals surface area (Å²) in [5.74, 6) is -0.198.